The van der Waals surface area contributed by atoms with Gasteiger partial charge in [0.2, 0.25) is 0 Å². The molecule has 0 aliphatic carbocycles. The van der Waals surface area contributed by atoms with Crippen molar-refractivity contribution in [3.63, 3.8) is 0 Å². The third-order valence-electron chi connectivity index (χ3n) is 5.18. The third kappa shape index (κ3) is 7.63. The molecule has 9 nitrogen and oxygen atoms in total. The van der Waals surface area contributed by atoms with Crippen LogP contribution in [0.5, 0.6) is 23.0 Å². The third-order valence-corrected chi connectivity index (χ3v) is 5.46. The number of methoxy groups -OCH3 is 1. The Balaban J connectivity index is 1.67. The summed E-state index contributed by atoms with van der Waals surface area (Å²) in [6.07, 6.45) is 2.29. The lowest BCUT2D eigenvalue weighted by atomic mass is 10.1. The van der Waals surface area contributed by atoms with E-state index in [1.165, 1.54) is 25.5 Å². The van der Waals surface area contributed by atoms with E-state index < -0.39 is 11.9 Å². The summed E-state index contributed by atoms with van der Waals surface area (Å²) in [6, 6.07) is 14.6. The summed E-state index contributed by atoms with van der Waals surface area (Å²) in [5, 5.41) is 13.3. The molecule has 0 spiro atoms. The molecular weight excluding hydrogens is 512 g/mol. The molecule has 0 unspecified atom stereocenters. The van der Waals surface area contributed by atoms with Crippen LogP contribution in [0.4, 0.5) is 0 Å². The molecule has 38 heavy (non-hydrogen) atoms. The molecule has 0 bridgehead atoms. The van der Waals surface area contributed by atoms with Crippen LogP contribution < -0.4 is 24.4 Å². The van der Waals surface area contributed by atoms with E-state index in [1.807, 2.05) is 13.8 Å². The number of rotatable bonds is 13. The van der Waals surface area contributed by atoms with Crippen LogP contribution in [0, 0.1) is 0 Å². The Morgan fingerprint density at radius 2 is 1.68 bits per heavy atom. The number of carboxylic acid groups (broad SMARTS) is 1. The second-order valence-electron chi connectivity index (χ2n) is 7.97. The van der Waals surface area contributed by atoms with Crippen molar-refractivity contribution in [1.29, 1.82) is 0 Å². The molecule has 0 saturated carbocycles. The van der Waals surface area contributed by atoms with Crippen molar-refractivity contribution in [2.24, 2.45) is 5.10 Å². The molecule has 0 aliphatic heterocycles. The van der Waals surface area contributed by atoms with Crippen LogP contribution in [-0.2, 0) is 6.61 Å². The first-order chi connectivity index (χ1) is 18.4. The predicted octanol–water partition coefficient (Wildman–Crippen LogP) is 5.58. The van der Waals surface area contributed by atoms with E-state index in [0.717, 1.165) is 12.0 Å². The van der Waals surface area contributed by atoms with Gasteiger partial charge >= 0.3 is 5.97 Å². The zero-order chi connectivity index (χ0) is 27.5. The predicted molar refractivity (Wildman–Crippen MR) is 144 cm³/mol. The second kappa shape index (κ2) is 13.9. The Bertz CT molecular complexity index is 1290. The van der Waals surface area contributed by atoms with Crippen LogP contribution in [0.2, 0.25) is 5.02 Å². The molecule has 3 rings (SSSR count). The van der Waals surface area contributed by atoms with Crippen molar-refractivity contribution < 1.29 is 33.6 Å². The van der Waals surface area contributed by atoms with E-state index in [1.54, 1.807) is 42.5 Å². The molecule has 0 saturated heterocycles. The van der Waals surface area contributed by atoms with Crippen LogP contribution in [0.15, 0.2) is 59.7 Å². The molecular formula is C28H29ClN2O7. The Kier molecular flexibility index (Phi) is 10.4. The summed E-state index contributed by atoms with van der Waals surface area (Å²) in [5.74, 6) is 0.345. The van der Waals surface area contributed by atoms with Gasteiger partial charge < -0.3 is 24.1 Å². The van der Waals surface area contributed by atoms with Crippen molar-refractivity contribution in [3.05, 3.63) is 81.9 Å². The monoisotopic (exact) mass is 540 g/mol. The minimum absolute atomic E-state index is 0.158. The number of nitrogens with one attached hydrogen (secondary N) is 1. The first kappa shape index (κ1) is 28.3. The molecule has 3 aromatic rings. The van der Waals surface area contributed by atoms with Gasteiger partial charge in [-0.1, -0.05) is 30.7 Å². The number of amides is 1. The number of hydrazone groups is 1. The normalized spacial score (nSPS) is 10.7. The van der Waals surface area contributed by atoms with Crippen LogP contribution >= 0.6 is 11.6 Å². The minimum Gasteiger partial charge on any atom is -0.493 e. The number of aromatic carboxylic acids is 1. The first-order valence-corrected chi connectivity index (χ1v) is 12.3. The van der Waals surface area contributed by atoms with Gasteiger partial charge in [-0.05, 0) is 66.9 Å². The number of benzene rings is 3. The van der Waals surface area contributed by atoms with Gasteiger partial charge in [-0.15, -0.1) is 0 Å². The second-order valence-corrected chi connectivity index (χ2v) is 8.37. The number of halogens is 1. The van der Waals surface area contributed by atoms with E-state index in [-0.39, 0.29) is 17.2 Å². The molecule has 0 heterocycles. The van der Waals surface area contributed by atoms with Gasteiger partial charge in [0.1, 0.15) is 6.61 Å². The molecule has 0 aliphatic rings. The SMILES string of the molecule is CCCOc1ccc(C(=O)N/N=C/c2cc(Cl)c(OCc3ccc(C(=O)O)cc3)c(OC)c2)cc1OCC. The summed E-state index contributed by atoms with van der Waals surface area (Å²) in [7, 11) is 1.48. The van der Waals surface area contributed by atoms with E-state index in [0.29, 0.717) is 47.3 Å². The number of hydrogen-bond donors (Lipinski definition) is 2. The summed E-state index contributed by atoms with van der Waals surface area (Å²) < 4.78 is 22.5. The average Bonchev–Trinajstić information content (AvgIpc) is 2.91. The lowest BCUT2D eigenvalue weighted by Gasteiger charge is -2.13. The topological polar surface area (TPSA) is 116 Å². The average molecular weight is 541 g/mol. The fourth-order valence-corrected chi connectivity index (χ4v) is 3.61. The zero-order valence-corrected chi connectivity index (χ0v) is 22.1. The highest BCUT2D eigenvalue weighted by atomic mass is 35.5. The summed E-state index contributed by atoms with van der Waals surface area (Å²) in [4.78, 5) is 23.6. The molecule has 10 heteroatoms. The summed E-state index contributed by atoms with van der Waals surface area (Å²) >= 11 is 6.42. The molecule has 0 atom stereocenters. The van der Waals surface area contributed by atoms with Crippen LogP contribution in [0.25, 0.3) is 0 Å². The van der Waals surface area contributed by atoms with Crippen LogP contribution in [0.3, 0.4) is 0 Å². The van der Waals surface area contributed by atoms with Crippen LogP contribution in [-0.4, -0.2) is 43.5 Å². The first-order valence-electron chi connectivity index (χ1n) is 11.9. The Morgan fingerprint density at radius 1 is 0.947 bits per heavy atom. The Morgan fingerprint density at radius 3 is 2.34 bits per heavy atom. The number of carbonyl (C=O) groups excluding carboxylic acids is 1. The lowest BCUT2D eigenvalue weighted by Crippen LogP contribution is -2.17. The maximum absolute atomic E-state index is 12.6. The van der Waals surface area contributed by atoms with Gasteiger partial charge in [0, 0.05) is 5.56 Å². The summed E-state index contributed by atoms with van der Waals surface area (Å²) in [6.45, 7) is 5.00. The number of ether oxygens (including phenoxy) is 4. The molecule has 0 aromatic heterocycles. The highest BCUT2D eigenvalue weighted by Crippen LogP contribution is 2.36. The fraction of sp³-hybridized carbons (Fsp3) is 0.250. The molecule has 200 valence electrons. The standard InChI is InChI=1S/C28H29ClN2O7/c1-4-12-37-23-11-10-21(15-24(23)36-5-2)27(32)31-30-16-19-13-22(29)26(25(14-19)35-3)38-17-18-6-8-20(9-7-18)28(33)34/h6-11,13-16H,4-5,12,17H2,1-3H3,(H,31,32)(H,33,34)/b30-16+. The Labute approximate surface area is 225 Å². The number of carboxylic acids is 1. The zero-order valence-electron chi connectivity index (χ0n) is 21.3. The van der Waals surface area contributed by atoms with Gasteiger partial charge in [-0.25, -0.2) is 10.2 Å². The quantitative estimate of drug-likeness (QED) is 0.215. The number of carbonyl (C=O) groups is 2. The van der Waals surface area contributed by atoms with Crippen molar-refractivity contribution in [3.8, 4) is 23.0 Å². The number of hydrogen-bond acceptors (Lipinski definition) is 7. The fourth-order valence-electron chi connectivity index (χ4n) is 3.33. The van der Waals surface area contributed by atoms with E-state index in [9.17, 15) is 9.59 Å². The van der Waals surface area contributed by atoms with Crippen LogP contribution in [0.1, 0.15) is 52.1 Å². The molecule has 2 N–H and O–H groups in total. The van der Waals surface area contributed by atoms with Crippen molar-refractivity contribution in [2.45, 2.75) is 26.9 Å². The van der Waals surface area contributed by atoms with Crippen molar-refractivity contribution in [2.75, 3.05) is 20.3 Å². The van der Waals surface area contributed by atoms with E-state index in [4.69, 9.17) is 35.7 Å². The largest absolute Gasteiger partial charge is 0.493 e. The van der Waals surface area contributed by atoms with Crippen molar-refractivity contribution >= 4 is 29.7 Å². The minimum atomic E-state index is -0.999. The van der Waals surface area contributed by atoms with Gasteiger partial charge in [0.25, 0.3) is 5.91 Å². The van der Waals surface area contributed by atoms with Gasteiger partial charge in [-0.2, -0.15) is 5.10 Å². The molecule has 1 amide bonds. The van der Waals surface area contributed by atoms with E-state index >= 15 is 0 Å². The lowest BCUT2D eigenvalue weighted by molar-refractivity contribution is 0.0696. The highest BCUT2D eigenvalue weighted by Gasteiger charge is 2.14. The van der Waals surface area contributed by atoms with Gasteiger partial charge in [0.15, 0.2) is 23.0 Å². The Hall–Kier alpha value is -4.24. The maximum atomic E-state index is 12.6. The van der Waals surface area contributed by atoms with Gasteiger partial charge in [0.05, 0.1) is 37.1 Å². The smallest absolute Gasteiger partial charge is 0.335 e. The van der Waals surface area contributed by atoms with E-state index in [2.05, 4.69) is 10.5 Å². The van der Waals surface area contributed by atoms with Gasteiger partial charge in [-0.3, -0.25) is 4.79 Å². The van der Waals surface area contributed by atoms with Crippen molar-refractivity contribution in [1.82, 2.24) is 5.43 Å². The molecule has 3 aromatic carbocycles. The molecule has 0 radical (unpaired) electrons. The highest BCUT2D eigenvalue weighted by molar-refractivity contribution is 6.32. The summed E-state index contributed by atoms with van der Waals surface area (Å²) in [5.41, 5.74) is 4.38. The maximum Gasteiger partial charge on any atom is 0.335 e. The molecule has 0 fully saturated rings. The number of nitrogens with zero attached hydrogens (tertiary/aromatic N) is 1.